The van der Waals surface area contributed by atoms with Gasteiger partial charge in [0.25, 0.3) is 0 Å². The van der Waals surface area contributed by atoms with Gasteiger partial charge < -0.3 is 25.5 Å². The zero-order valence-electron chi connectivity index (χ0n) is 22.3. The van der Waals surface area contributed by atoms with Crippen molar-refractivity contribution in [1.82, 2.24) is 14.7 Å². The zero-order valence-corrected chi connectivity index (χ0v) is 23.1. The van der Waals surface area contributed by atoms with E-state index in [1.165, 1.54) is 9.80 Å². The fourth-order valence-corrected chi connectivity index (χ4v) is 5.71. The summed E-state index contributed by atoms with van der Waals surface area (Å²) in [6.45, 7) is -2.95. The molecule has 0 aromatic heterocycles. The minimum absolute atomic E-state index is 0.0727. The van der Waals surface area contributed by atoms with Crippen LogP contribution in [0.25, 0.3) is 0 Å². The fourth-order valence-electron chi connectivity index (χ4n) is 5.33. The Morgan fingerprint density at radius 1 is 0.756 bits per heavy atom. The highest BCUT2D eigenvalue weighted by Crippen LogP contribution is 2.29. The Balaban J connectivity index is 2.50. The van der Waals surface area contributed by atoms with Crippen molar-refractivity contribution < 1.29 is 49.5 Å². The molecule has 15 heteroatoms. The van der Waals surface area contributed by atoms with E-state index in [0.29, 0.717) is 36.1 Å². The lowest BCUT2D eigenvalue weighted by Gasteiger charge is -2.45. The molecule has 0 bridgehead atoms. The number of nitriles is 1. The summed E-state index contributed by atoms with van der Waals surface area (Å²) in [5, 5.41) is 58.5. The second-order valence-electron chi connectivity index (χ2n) is 9.82. The summed E-state index contributed by atoms with van der Waals surface area (Å²) in [5.74, 6) is -6.20. The minimum Gasteiger partial charge on any atom is -0.480 e. The number of thioether (sulfide) groups is 1. The molecule has 0 spiro atoms. The van der Waals surface area contributed by atoms with Crippen LogP contribution in [0.2, 0.25) is 0 Å². The van der Waals surface area contributed by atoms with Crippen LogP contribution in [0.4, 0.5) is 0 Å². The molecule has 1 aliphatic rings. The van der Waals surface area contributed by atoms with Crippen molar-refractivity contribution in [3.8, 4) is 5.40 Å². The van der Waals surface area contributed by atoms with Crippen molar-refractivity contribution >= 4 is 41.6 Å². The van der Waals surface area contributed by atoms with E-state index < -0.39 is 80.7 Å². The number of nitrogens with zero attached hydrogens (tertiary/aromatic N) is 4. The van der Waals surface area contributed by atoms with Gasteiger partial charge in [-0.3, -0.25) is 38.7 Å². The Hall–Kier alpha value is -3.71. The first-order chi connectivity index (χ1) is 19.4. The molecule has 1 aromatic rings. The third kappa shape index (κ3) is 11.7. The zero-order chi connectivity index (χ0) is 30.5. The van der Waals surface area contributed by atoms with Crippen LogP contribution in [0, 0.1) is 10.7 Å². The highest BCUT2D eigenvalue weighted by Gasteiger charge is 2.38. The van der Waals surface area contributed by atoms with Crippen molar-refractivity contribution in [1.29, 1.82) is 5.26 Å². The van der Waals surface area contributed by atoms with Crippen LogP contribution in [0.1, 0.15) is 31.2 Å². The van der Waals surface area contributed by atoms with E-state index in [4.69, 9.17) is 5.26 Å². The van der Waals surface area contributed by atoms with Crippen LogP contribution in [0.3, 0.4) is 0 Å². The van der Waals surface area contributed by atoms with E-state index in [-0.39, 0.29) is 13.0 Å². The first-order valence-corrected chi connectivity index (χ1v) is 13.7. The average molecular weight is 595 g/mol. The summed E-state index contributed by atoms with van der Waals surface area (Å²) < 4.78 is 0. The van der Waals surface area contributed by atoms with Gasteiger partial charge in [-0.05, 0) is 48.7 Å². The molecule has 3 atom stereocenters. The Bertz CT molecular complexity index is 1090. The Morgan fingerprint density at radius 3 is 1.63 bits per heavy atom. The molecule has 0 saturated heterocycles. The molecule has 1 aromatic carbocycles. The third-order valence-corrected chi connectivity index (χ3v) is 7.44. The number of carbonyl (C=O) groups is 5. The predicted molar refractivity (Wildman–Crippen MR) is 144 cm³/mol. The molecular formula is C26H34N4O10S. The van der Waals surface area contributed by atoms with Crippen LogP contribution < -0.4 is 0 Å². The maximum absolute atomic E-state index is 12.0. The average Bonchev–Trinajstić information content (AvgIpc) is 2.87. The van der Waals surface area contributed by atoms with E-state index in [0.717, 1.165) is 11.8 Å². The highest BCUT2D eigenvalue weighted by molar-refractivity contribution is 8.03. The smallest absolute Gasteiger partial charge is 0.317 e. The molecule has 14 nitrogen and oxygen atoms in total. The maximum atomic E-state index is 12.0. The van der Waals surface area contributed by atoms with Gasteiger partial charge in [0.2, 0.25) is 0 Å². The molecule has 0 heterocycles. The van der Waals surface area contributed by atoms with Gasteiger partial charge in [0.15, 0.2) is 0 Å². The second kappa shape index (κ2) is 16.5. The number of rotatable bonds is 18. The van der Waals surface area contributed by atoms with Gasteiger partial charge in [0.1, 0.15) is 5.40 Å². The maximum Gasteiger partial charge on any atom is 0.317 e. The largest absolute Gasteiger partial charge is 0.480 e. The van der Waals surface area contributed by atoms with Crippen LogP contribution in [0.15, 0.2) is 29.2 Å². The van der Waals surface area contributed by atoms with Gasteiger partial charge >= 0.3 is 29.8 Å². The normalized spacial score (nSPS) is 17.7. The standard InChI is InChI=1S/C26H34N4O10S/c27-16-41-19-7-5-17(6-8-19)9-18(28(11-22(31)32)12-23(33)34)10-29(13-24(35)36)20-3-1-2-4-21(20)30(14-25(37)38)15-26(39)40/h5-8,18,20-21H,1-4,9-15H2,(H,31,32)(H,33,34)(H,35,36)(H,37,38)(H,39,40)/t18-,20+,21-/m1/s1. The first kappa shape index (κ1) is 33.5. The van der Waals surface area contributed by atoms with Crippen LogP contribution in [-0.2, 0) is 30.4 Å². The van der Waals surface area contributed by atoms with Crippen LogP contribution in [-0.4, -0.2) is 127 Å². The van der Waals surface area contributed by atoms with E-state index >= 15 is 0 Å². The van der Waals surface area contributed by atoms with Gasteiger partial charge in [-0.1, -0.05) is 25.0 Å². The topological polar surface area (TPSA) is 220 Å². The second-order valence-corrected chi connectivity index (χ2v) is 10.7. The highest BCUT2D eigenvalue weighted by atomic mass is 32.2. The van der Waals surface area contributed by atoms with E-state index in [1.807, 2.05) is 5.40 Å². The molecule has 0 unspecified atom stereocenters. The Labute approximate surface area is 240 Å². The number of aliphatic carboxylic acids is 5. The van der Waals surface area contributed by atoms with Gasteiger partial charge in [-0.15, -0.1) is 0 Å². The molecule has 0 amide bonds. The molecule has 41 heavy (non-hydrogen) atoms. The number of carboxylic acids is 5. The molecule has 1 aliphatic carbocycles. The van der Waals surface area contributed by atoms with Crippen molar-refractivity contribution in [2.75, 3.05) is 39.3 Å². The van der Waals surface area contributed by atoms with Crippen molar-refractivity contribution in [3.05, 3.63) is 29.8 Å². The van der Waals surface area contributed by atoms with Gasteiger partial charge in [0.05, 0.1) is 32.7 Å². The Kier molecular flexibility index (Phi) is 13.5. The third-order valence-electron chi connectivity index (χ3n) is 6.84. The molecule has 5 N–H and O–H groups in total. The van der Waals surface area contributed by atoms with E-state index in [1.54, 1.807) is 29.2 Å². The van der Waals surface area contributed by atoms with Gasteiger partial charge in [0, 0.05) is 29.6 Å². The van der Waals surface area contributed by atoms with E-state index in [9.17, 15) is 49.5 Å². The van der Waals surface area contributed by atoms with Gasteiger partial charge in [-0.25, -0.2) is 0 Å². The first-order valence-electron chi connectivity index (χ1n) is 12.9. The summed E-state index contributed by atoms with van der Waals surface area (Å²) in [6, 6.07) is 4.86. The molecule has 2 rings (SSSR count). The molecule has 0 aliphatic heterocycles. The van der Waals surface area contributed by atoms with Crippen molar-refractivity contribution in [3.63, 3.8) is 0 Å². The number of benzene rings is 1. The van der Waals surface area contributed by atoms with Crippen LogP contribution in [0.5, 0.6) is 0 Å². The number of hydrogen-bond acceptors (Lipinski definition) is 10. The van der Waals surface area contributed by atoms with Crippen molar-refractivity contribution in [2.45, 2.75) is 55.1 Å². The number of thiocyanates is 1. The summed E-state index contributed by atoms with van der Waals surface area (Å²) in [5.41, 5.74) is 0.701. The SMILES string of the molecule is N#CSc1ccc(C[C@H](CN(CC(=O)O)[C@H]2CCCC[C@H]2N(CC(=O)O)CC(=O)O)N(CC(=O)O)CC(=O)O)cc1. The molecule has 1 saturated carbocycles. The monoisotopic (exact) mass is 594 g/mol. The summed E-state index contributed by atoms with van der Waals surface area (Å²) in [6.07, 6.45) is 2.39. The number of hydrogen-bond donors (Lipinski definition) is 5. The lowest BCUT2D eigenvalue weighted by atomic mass is 9.87. The molecule has 224 valence electrons. The lowest BCUT2D eigenvalue weighted by molar-refractivity contribution is -0.146. The summed E-state index contributed by atoms with van der Waals surface area (Å²) >= 11 is 0.951. The predicted octanol–water partition coefficient (Wildman–Crippen LogP) is 0.811. The molecule has 1 fully saturated rings. The summed E-state index contributed by atoms with van der Waals surface area (Å²) in [7, 11) is 0. The molecular weight excluding hydrogens is 560 g/mol. The fraction of sp³-hybridized carbons (Fsp3) is 0.538. The number of carboxylic acid groups (broad SMARTS) is 5. The quantitative estimate of drug-likeness (QED) is 0.117. The molecule has 0 radical (unpaired) electrons. The Morgan fingerprint density at radius 2 is 1.20 bits per heavy atom. The van der Waals surface area contributed by atoms with E-state index in [2.05, 4.69) is 0 Å². The minimum atomic E-state index is -1.27. The van der Waals surface area contributed by atoms with Gasteiger partial charge in [-0.2, -0.15) is 5.26 Å². The summed E-state index contributed by atoms with van der Waals surface area (Å²) in [4.78, 5) is 63.2. The lowest BCUT2D eigenvalue weighted by Crippen LogP contribution is -2.59. The van der Waals surface area contributed by atoms with Crippen molar-refractivity contribution in [2.24, 2.45) is 0 Å². The van der Waals surface area contributed by atoms with Crippen LogP contribution >= 0.6 is 11.8 Å².